The number of benzene rings is 1. The molecule has 0 saturated carbocycles. The van der Waals surface area contributed by atoms with Crippen molar-refractivity contribution in [3.8, 4) is 0 Å². The van der Waals surface area contributed by atoms with Crippen LogP contribution in [0, 0.1) is 0 Å². The third-order valence-electron chi connectivity index (χ3n) is 1.94. The highest BCUT2D eigenvalue weighted by atomic mass is 35.5. The third-order valence-corrected chi connectivity index (χ3v) is 2.23. The molecular weight excluding hydrogens is 204 g/mol. The van der Waals surface area contributed by atoms with Gasteiger partial charge in [-0.3, -0.25) is 4.79 Å². The Kier molecular flexibility index (Phi) is 2.27. The first-order valence-electron chi connectivity index (χ1n) is 4.03. The average molecular weight is 211 g/mol. The van der Waals surface area contributed by atoms with Gasteiger partial charge in [-0.05, 0) is 12.1 Å². The molecule has 3 nitrogen and oxygen atoms in total. The fraction of sp³-hybridized carbons (Fsp3) is 0.100. The summed E-state index contributed by atoms with van der Waals surface area (Å²) in [5.74, 6) is 0.211. The third kappa shape index (κ3) is 1.41. The number of para-hydroxylation sites is 1. The molecule has 1 N–H and O–H groups in total. The Morgan fingerprint density at radius 3 is 2.93 bits per heavy atom. The molecule has 0 aliphatic rings. The number of furan rings is 1. The number of carbonyl (C=O) groups excluding carboxylic acids is 1. The second-order valence-electron chi connectivity index (χ2n) is 2.89. The average Bonchev–Trinajstić information content (AvgIpc) is 2.62. The predicted octanol–water partition coefficient (Wildman–Crippen LogP) is 2.32. The number of aliphatic hydroxyl groups is 1. The zero-order valence-corrected chi connectivity index (χ0v) is 7.86. The van der Waals surface area contributed by atoms with Gasteiger partial charge >= 0.3 is 0 Å². The number of hydrogen-bond donors (Lipinski definition) is 1. The van der Waals surface area contributed by atoms with Gasteiger partial charge in [-0.2, -0.15) is 0 Å². The molecule has 0 amide bonds. The monoisotopic (exact) mass is 210 g/mol. The summed E-state index contributed by atoms with van der Waals surface area (Å²) in [6.07, 6.45) is -0.815. The molecule has 1 atom stereocenters. The molecular formula is C10H7ClO3. The number of hydrogen-bond acceptors (Lipinski definition) is 3. The molecule has 14 heavy (non-hydrogen) atoms. The van der Waals surface area contributed by atoms with Crippen LogP contribution in [0.15, 0.2) is 28.7 Å². The van der Waals surface area contributed by atoms with Gasteiger partial charge in [0.1, 0.15) is 5.76 Å². The zero-order valence-electron chi connectivity index (χ0n) is 7.11. The van der Waals surface area contributed by atoms with Crippen LogP contribution in [0.2, 0.25) is 5.02 Å². The van der Waals surface area contributed by atoms with Gasteiger partial charge in [-0.15, -0.1) is 0 Å². The fourth-order valence-electron chi connectivity index (χ4n) is 1.26. The van der Waals surface area contributed by atoms with Gasteiger partial charge in [0.2, 0.25) is 0 Å². The Morgan fingerprint density at radius 1 is 1.50 bits per heavy atom. The van der Waals surface area contributed by atoms with Crippen LogP contribution in [0.25, 0.3) is 11.0 Å². The number of fused-ring (bicyclic) bond motifs is 1. The van der Waals surface area contributed by atoms with Gasteiger partial charge in [0, 0.05) is 5.39 Å². The number of rotatable bonds is 2. The highest BCUT2D eigenvalue weighted by molar-refractivity contribution is 6.34. The summed E-state index contributed by atoms with van der Waals surface area (Å²) in [7, 11) is 0. The van der Waals surface area contributed by atoms with Crippen LogP contribution in [0.4, 0.5) is 0 Å². The molecule has 1 heterocycles. The van der Waals surface area contributed by atoms with Crippen LogP contribution in [0.1, 0.15) is 11.9 Å². The lowest BCUT2D eigenvalue weighted by Crippen LogP contribution is -1.94. The summed E-state index contributed by atoms with van der Waals surface area (Å²) < 4.78 is 5.24. The molecule has 2 rings (SSSR count). The van der Waals surface area contributed by atoms with Gasteiger partial charge in [-0.25, -0.2) is 0 Å². The van der Waals surface area contributed by atoms with Crippen molar-refractivity contribution in [2.75, 3.05) is 0 Å². The SMILES string of the molecule is O=CC(O)c1cc2cccc(Cl)c2o1. The van der Waals surface area contributed by atoms with Crippen LogP contribution in [-0.2, 0) is 4.79 Å². The topological polar surface area (TPSA) is 50.4 Å². The summed E-state index contributed by atoms with van der Waals surface area (Å²) in [6, 6.07) is 6.85. The first-order valence-corrected chi connectivity index (χ1v) is 4.41. The van der Waals surface area contributed by atoms with Crippen molar-refractivity contribution in [2.24, 2.45) is 0 Å². The maximum Gasteiger partial charge on any atom is 0.167 e. The quantitative estimate of drug-likeness (QED) is 0.774. The summed E-state index contributed by atoms with van der Waals surface area (Å²) in [6.45, 7) is 0. The Bertz CT molecular complexity index is 475. The number of carbonyl (C=O) groups is 1. The van der Waals surface area contributed by atoms with Crippen molar-refractivity contribution in [2.45, 2.75) is 6.10 Å². The molecule has 1 aromatic carbocycles. The van der Waals surface area contributed by atoms with Gasteiger partial charge in [0.05, 0.1) is 5.02 Å². The van der Waals surface area contributed by atoms with Crippen molar-refractivity contribution in [1.82, 2.24) is 0 Å². The van der Waals surface area contributed by atoms with Crippen LogP contribution in [0.3, 0.4) is 0 Å². The summed E-state index contributed by atoms with van der Waals surface area (Å²) >= 11 is 5.85. The lowest BCUT2D eigenvalue weighted by atomic mass is 10.2. The van der Waals surface area contributed by atoms with E-state index in [2.05, 4.69) is 0 Å². The van der Waals surface area contributed by atoms with Crippen molar-refractivity contribution >= 4 is 28.9 Å². The standard InChI is InChI=1S/C10H7ClO3/c11-7-3-1-2-6-4-9(8(13)5-12)14-10(6)7/h1-5,8,13H. The lowest BCUT2D eigenvalue weighted by Gasteiger charge is -1.94. The number of aliphatic hydroxyl groups excluding tert-OH is 1. The molecule has 0 bridgehead atoms. The van der Waals surface area contributed by atoms with Crippen molar-refractivity contribution in [3.63, 3.8) is 0 Å². The summed E-state index contributed by atoms with van der Waals surface area (Å²) in [5.41, 5.74) is 0.491. The Morgan fingerprint density at radius 2 is 2.29 bits per heavy atom. The Hall–Kier alpha value is -1.32. The Balaban J connectivity index is 2.62. The predicted molar refractivity (Wildman–Crippen MR) is 52.2 cm³/mol. The van der Waals surface area contributed by atoms with E-state index in [9.17, 15) is 9.90 Å². The minimum Gasteiger partial charge on any atom is -0.456 e. The molecule has 1 unspecified atom stereocenters. The molecule has 0 spiro atoms. The maximum atomic E-state index is 10.3. The highest BCUT2D eigenvalue weighted by Gasteiger charge is 2.13. The van der Waals surface area contributed by atoms with E-state index in [1.807, 2.05) is 0 Å². The molecule has 0 fully saturated rings. The number of aldehydes is 1. The molecule has 4 heteroatoms. The highest BCUT2D eigenvalue weighted by Crippen LogP contribution is 2.28. The van der Waals surface area contributed by atoms with E-state index in [-0.39, 0.29) is 5.76 Å². The van der Waals surface area contributed by atoms with E-state index in [1.54, 1.807) is 24.3 Å². The lowest BCUT2D eigenvalue weighted by molar-refractivity contribution is -0.115. The molecule has 0 radical (unpaired) electrons. The van der Waals surface area contributed by atoms with E-state index >= 15 is 0 Å². The fourth-order valence-corrected chi connectivity index (χ4v) is 1.48. The van der Waals surface area contributed by atoms with E-state index in [0.29, 0.717) is 16.9 Å². The summed E-state index contributed by atoms with van der Waals surface area (Å²) in [4.78, 5) is 10.3. The van der Waals surface area contributed by atoms with E-state index in [4.69, 9.17) is 16.0 Å². The van der Waals surface area contributed by atoms with Crippen molar-refractivity contribution in [1.29, 1.82) is 0 Å². The first kappa shape index (κ1) is 9.24. The molecule has 0 saturated heterocycles. The van der Waals surface area contributed by atoms with Crippen LogP contribution in [0.5, 0.6) is 0 Å². The van der Waals surface area contributed by atoms with Crippen LogP contribution in [-0.4, -0.2) is 11.4 Å². The van der Waals surface area contributed by atoms with Gasteiger partial charge in [-0.1, -0.05) is 23.7 Å². The van der Waals surface area contributed by atoms with Gasteiger partial charge < -0.3 is 9.52 Å². The molecule has 0 aliphatic heterocycles. The van der Waals surface area contributed by atoms with Crippen LogP contribution >= 0.6 is 11.6 Å². The maximum absolute atomic E-state index is 10.3. The first-order chi connectivity index (χ1) is 6.72. The van der Waals surface area contributed by atoms with E-state index < -0.39 is 6.10 Å². The second kappa shape index (κ2) is 3.44. The molecule has 1 aromatic heterocycles. The largest absolute Gasteiger partial charge is 0.456 e. The van der Waals surface area contributed by atoms with Crippen molar-refractivity contribution in [3.05, 3.63) is 35.0 Å². The van der Waals surface area contributed by atoms with Crippen LogP contribution < -0.4 is 0 Å². The smallest absolute Gasteiger partial charge is 0.167 e. The molecule has 0 aliphatic carbocycles. The molecule has 72 valence electrons. The van der Waals surface area contributed by atoms with Crippen molar-refractivity contribution < 1.29 is 14.3 Å². The van der Waals surface area contributed by atoms with Gasteiger partial charge in [0.25, 0.3) is 0 Å². The minimum absolute atomic E-state index is 0.211. The molecule has 2 aromatic rings. The second-order valence-corrected chi connectivity index (χ2v) is 3.30. The van der Waals surface area contributed by atoms with E-state index in [1.165, 1.54) is 0 Å². The minimum atomic E-state index is -1.22. The normalized spacial score (nSPS) is 13.0. The zero-order chi connectivity index (χ0) is 10.1. The Labute approximate surface area is 84.9 Å². The van der Waals surface area contributed by atoms with E-state index in [0.717, 1.165) is 5.39 Å². The number of halogens is 1. The summed E-state index contributed by atoms with van der Waals surface area (Å²) in [5, 5.41) is 10.5. The van der Waals surface area contributed by atoms with Gasteiger partial charge in [0.15, 0.2) is 18.0 Å².